The summed E-state index contributed by atoms with van der Waals surface area (Å²) in [5.74, 6) is -1.74. The molecule has 0 unspecified atom stereocenters. The summed E-state index contributed by atoms with van der Waals surface area (Å²) in [6.45, 7) is 0.365. The van der Waals surface area contributed by atoms with Gasteiger partial charge < -0.3 is 20.4 Å². The molecule has 0 fully saturated rings. The highest BCUT2D eigenvalue weighted by Crippen LogP contribution is 2.07. The molecule has 0 aliphatic carbocycles. The number of aliphatic hydroxyl groups excluding tert-OH is 2. The molecule has 0 bridgehead atoms. The van der Waals surface area contributed by atoms with Gasteiger partial charge in [0.2, 0.25) is 12.2 Å². The average Bonchev–Trinajstić information content (AvgIpc) is 2.69. The fourth-order valence-corrected chi connectivity index (χ4v) is 1.63. The monoisotopic (exact) mass is 396 g/mol. The molecule has 4 N–H and O–H groups in total. The first-order valence-corrected chi connectivity index (χ1v) is 8.21. The van der Waals surface area contributed by atoms with Crippen molar-refractivity contribution in [1.29, 1.82) is 0 Å². The van der Waals surface area contributed by atoms with Gasteiger partial charge in [-0.3, -0.25) is 9.59 Å². The molecule has 0 radical (unpaired) electrons. The Morgan fingerprint density at radius 3 is 1.50 bits per heavy atom. The summed E-state index contributed by atoms with van der Waals surface area (Å²) >= 11 is 0. The van der Waals surface area contributed by atoms with Crippen LogP contribution < -0.4 is 0 Å². The predicted molar refractivity (Wildman–Crippen MR) is 98.0 cm³/mol. The molecule has 0 aromatic heterocycles. The minimum absolute atomic E-state index is 0.0628. The Morgan fingerprint density at radius 1 is 0.821 bits per heavy atom. The summed E-state index contributed by atoms with van der Waals surface area (Å²) in [5, 5.41) is 31.5. The molecule has 0 saturated heterocycles. The third-order valence-electron chi connectivity index (χ3n) is 2.78. The van der Waals surface area contributed by atoms with Crippen LogP contribution in [0.5, 0.6) is 0 Å². The van der Waals surface area contributed by atoms with Gasteiger partial charge in [0.15, 0.2) is 0 Å². The molecule has 0 aliphatic rings. The molecular weight excluding hydrogens is 372 g/mol. The van der Waals surface area contributed by atoms with Crippen LogP contribution in [0.1, 0.15) is 36.8 Å². The number of benzene rings is 1. The average molecular weight is 396 g/mol. The maximum absolute atomic E-state index is 9.90. The van der Waals surface area contributed by atoms with E-state index in [1.54, 1.807) is 0 Å². The molecule has 154 valence electrons. The van der Waals surface area contributed by atoms with Crippen LogP contribution >= 0.6 is 0 Å². The van der Waals surface area contributed by atoms with Gasteiger partial charge in [0, 0.05) is 12.8 Å². The van der Waals surface area contributed by atoms with Crippen LogP contribution in [-0.4, -0.2) is 57.7 Å². The molecule has 10 heteroatoms. The molecule has 10 nitrogen and oxygen atoms in total. The van der Waals surface area contributed by atoms with E-state index in [4.69, 9.17) is 20.4 Å². The minimum Gasteiger partial charge on any atom is -0.481 e. The van der Waals surface area contributed by atoms with Gasteiger partial charge in [0.1, 0.15) is 0 Å². The van der Waals surface area contributed by atoms with E-state index in [-0.39, 0.29) is 26.1 Å². The third-order valence-corrected chi connectivity index (χ3v) is 2.78. The molecule has 0 atom stereocenters. The number of hydrogen-bond acceptors (Lipinski definition) is 8. The first-order valence-electron chi connectivity index (χ1n) is 8.21. The SMILES string of the molecule is O=C(O)CCCCC(=O)O.O=C=NCc1cccc(CN=C=O)c1.OCCO. The number of hydrogen-bond donors (Lipinski definition) is 4. The largest absolute Gasteiger partial charge is 0.481 e. The van der Waals surface area contributed by atoms with Crippen molar-refractivity contribution >= 4 is 24.1 Å². The van der Waals surface area contributed by atoms with Crippen molar-refractivity contribution in [1.82, 2.24) is 0 Å². The Hall–Kier alpha value is -3.16. The van der Waals surface area contributed by atoms with Gasteiger partial charge in [-0.15, -0.1) is 0 Å². The van der Waals surface area contributed by atoms with Crippen LogP contribution in [0.3, 0.4) is 0 Å². The second kappa shape index (κ2) is 20.2. The number of carboxylic acids is 2. The lowest BCUT2D eigenvalue weighted by atomic mass is 10.1. The lowest BCUT2D eigenvalue weighted by Crippen LogP contribution is -1.97. The van der Waals surface area contributed by atoms with Crippen LogP contribution in [-0.2, 0) is 32.3 Å². The first-order chi connectivity index (χ1) is 13.4. The van der Waals surface area contributed by atoms with E-state index in [0.717, 1.165) is 11.1 Å². The molecule has 0 spiro atoms. The van der Waals surface area contributed by atoms with Gasteiger partial charge in [-0.2, -0.15) is 0 Å². The number of rotatable bonds is 10. The normalized spacial score (nSPS) is 8.64. The van der Waals surface area contributed by atoms with Gasteiger partial charge in [0.25, 0.3) is 0 Å². The van der Waals surface area contributed by atoms with E-state index in [9.17, 15) is 19.2 Å². The lowest BCUT2D eigenvalue weighted by molar-refractivity contribution is -0.139. The molecule has 1 rings (SSSR count). The highest BCUT2D eigenvalue weighted by Gasteiger charge is 1.99. The van der Waals surface area contributed by atoms with E-state index in [0.29, 0.717) is 25.9 Å². The van der Waals surface area contributed by atoms with Crippen LogP contribution in [0.4, 0.5) is 0 Å². The van der Waals surface area contributed by atoms with Crippen molar-refractivity contribution in [3.63, 3.8) is 0 Å². The van der Waals surface area contributed by atoms with E-state index in [1.165, 1.54) is 12.2 Å². The minimum atomic E-state index is -0.870. The topological polar surface area (TPSA) is 174 Å². The van der Waals surface area contributed by atoms with E-state index < -0.39 is 11.9 Å². The molecule has 28 heavy (non-hydrogen) atoms. The van der Waals surface area contributed by atoms with Crippen LogP contribution in [0.15, 0.2) is 34.3 Å². The van der Waals surface area contributed by atoms with E-state index in [2.05, 4.69) is 9.98 Å². The Morgan fingerprint density at radius 2 is 1.21 bits per heavy atom. The van der Waals surface area contributed by atoms with Crippen molar-refractivity contribution in [2.24, 2.45) is 9.98 Å². The summed E-state index contributed by atoms with van der Waals surface area (Å²) < 4.78 is 0. The van der Waals surface area contributed by atoms with E-state index in [1.807, 2.05) is 24.3 Å². The summed E-state index contributed by atoms with van der Waals surface area (Å²) in [6, 6.07) is 7.34. The highest BCUT2D eigenvalue weighted by molar-refractivity contribution is 5.67. The summed E-state index contributed by atoms with van der Waals surface area (Å²) in [7, 11) is 0. The van der Waals surface area contributed by atoms with Crippen LogP contribution in [0.25, 0.3) is 0 Å². The van der Waals surface area contributed by atoms with Gasteiger partial charge in [-0.25, -0.2) is 19.6 Å². The maximum atomic E-state index is 9.90. The fourth-order valence-electron chi connectivity index (χ4n) is 1.63. The van der Waals surface area contributed by atoms with Crippen LogP contribution in [0.2, 0.25) is 0 Å². The van der Waals surface area contributed by atoms with Gasteiger partial charge in [-0.1, -0.05) is 24.3 Å². The number of nitrogens with zero attached hydrogens (tertiary/aromatic N) is 2. The van der Waals surface area contributed by atoms with Crippen molar-refractivity contribution in [2.45, 2.75) is 38.8 Å². The molecule has 0 amide bonds. The second-order valence-corrected chi connectivity index (χ2v) is 5.08. The van der Waals surface area contributed by atoms with Gasteiger partial charge >= 0.3 is 11.9 Å². The number of carboxylic acid groups (broad SMARTS) is 2. The fraction of sp³-hybridized carbons (Fsp3) is 0.444. The van der Waals surface area contributed by atoms with Crippen molar-refractivity contribution in [2.75, 3.05) is 13.2 Å². The standard InChI is InChI=1S/C10H8N2O2.C6H10O4.C2H6O2/c13-7-11-5-9-2-1-3-10(4-9)6-12-8-14;7-5(8)3-1-2-4-6(9)10;3-1-2-4/h1-4H,5-6H2;1-4H2,(H,7,8)(H,9,10);3-4H,1-2H2. The van der Waals surface area contributed by atoms with Crippen molar-refractivity contribution in [3.8, 4) is 0 Å². The number of carbonyl (C=O) groups excluding carboxylic acids is 2. The Balaban J connectivity index is 0. The van der Waals surface area contributed by atoms with Gasteiger partial charge in [-0.05, 0) is 24.0 Å². The molecule has 0 aliphatic heterocycles. The van der Waals surface area contributed by atoms with Gasteiger partial charge in [0.05, 0.1) is 26.3 Å². The molecule has 1 aromatic rings. The molecule has 0 saturated carbocycles. The second-order valence-electron chi connectivity index (χ2n) is 5.08. The number of aliphatic imine (C=N–C) groups is 2. The predicted octanol–water partition coefficient (Wildman–Crippen LogP) is 1.05. The third kappa shape index (κ3) is 20.9. The number of isocyanates is 2. The Kier molecular flexibility index (Phi) is 19.5. The Bertz CT molecular complexity index is 612. The number of unbranched alkanes of at least 4 members (excludes halogenated alkanes) is 1. The highest BCUT2D eigenvalue weighted by atomic mass is 16.4. The molecule has 0 heterocycles. The zero-order chi connectivity index (χ0) is 21.6. The summed E-state index contributed by atoms with van der Waals surface area (Å²) in [4.78, 5) is 46.4. The zero-order valence-corrected chi connectivity index (χ0v) is 15.3. The zero-order valence-electron chi connectivity index (χ0n) is 15.3. The summed E-state index contributed by atoms with van der Waals surface area (Å²) in [5.41, 5.74) is 1.79. The van der Waals surface area contributed by atoms with Crippen molar-refractivity contribution < 1.29 is 39.6 Å². The smallest absolute Gasteiger partial charge is 0.303 e. The first kappa shape index (κ1) is 27.1. The Labute approximate surface area is 161 Å². The lowest BCUT2D eigenvalue weighted by Gasteiger charge is -1.98. The number of aliphatic carboxylic acids is 2. The molecular formula is C18H24N2O8. The molecule has 1 aromatic carbocycles. The maximum Gasteiger partial charge on any atom is 0.303 e. The quantitative estimate of drug-likeness (QED) is 0.258. The van der Waals surface area contributed by atoms with Crippen LogP contribution in [0, 0.1) is 0 Å². The number of aliphatic hydroxyl groups is 2. The van der Waals surface area contributed by atoms with Crippen molar-refractivity contribution in [3.05, 3.63) is 35.4 Å². The van der Waals surface area contributed by atoms with E-state index >= 15 is 0 Å². The number of carbonyl (C=O) groups is 2. The summed E-state index contributed by atoms with van der Waals surface area (Å²) in [6.07, 6.45) is 3.95.